The molecule has 5 rings (SSSR count). The van der Waals surface area contributed by atoms with Gasteiger partial charge in [-0.2, -0.15) is 5.10 Å². The van der Waals surface area contributed by atoms with E-state index in [1.165, 1.54) is 35.2 Å². The maximum absolute atomic E-state index is 11.8. The third kappa shape index (κ3) is 4.62. The molecule has 10 nitrogen and oxygen atoms in total. The molecule has 176 valence electrons. The van der Waals surface area contributed by atoms with Crippen molar-refractivity contribution in [2.24, 2.45) is 10.1 Å². The minimum atomic E-state index is -0.607. The van der Waals surface area contributed by atoms with Gasteiger partial charge < -0.3 is 14.5 Å². The Kier molecular flexibility index (Phi) is 5.75. The highest BCUT2D eigenvalue weighted by Gasteiger charge is 2.18. The Morgan fingerprint density at radius 3 is 2.77 bits per heavy atom. The zero-order chi connectivity index (χ0) is 24.5. The summed E-state index contributed by atoms with van der Waals surface area (Å²) in [6.45, 7) is 4.03. The predicted molar refractivity (Wildman–Crippen MR) is 131 cm³/mol. The van der Waals surface area contributed by atoms with Crippen molar-refractivity contribution in [3.63, 3.8) is 0 Å². The van der Waals surface area contributed by atoms with Gasteiger partial charge in [-0.15, -0.1) is 11.3 Å². The summed E-state index contributed by atoms with van der Waals surface area (Å²) in [6.07, 6.45) is 1.39. The molecule has 35 heavy (non-hydrogen) atoms. The number of aromatic nitrogens is 1. The van der Waals surface area contributed by atoms with E-state index in [2.05, 4.69) is 10.4 Å². The average Bonchev–Trinajstić information content (AvgIpc) is 3.47. The van der Waals surface area contributed by atoms with E-state index in [0.29, 0.717) is 21.9 Å². The maximum atomic E-state index is 11.8. The molecule has 0 saturated carbocycles. The van der Waals surface area contributed by atoms with Crippen LogP contribution in [-0.2, 0) is 4.79 Å². The average molecular weight is 490 g/mol. The number of amides is 1. The summed E-state index contributed by atoms with van der Waals surface area (Å²) in [5.41, 5.74) is 5.10. The van der Waals surface area contributed by atoms with Gasteiger partial charge in [-0.3, -0.25) is 14.9 Å². The number of nitrogens with one attached hydrogen (secondary N) is 1. The molecule has 0 radical (unpaired) electrons. The molecule has 0 unspecified atom stereocenters. The fourth-order valence-electron chi connectivity index (χ4n) is 3.46. The van der Waals surface area contributed by atoms with Crippen LogP contribution in [0, 0.1) is 24.0 Å². The van der Waals surface area contributed by atoms with Crippen molar-refractivity contribution in [1.29, 1.82) is 0 Å². The number of carbonyl (C=O) groups is 1. The van der Waals surface area contributed by atoms with Gasteiger partial charge in [-0.1, -0.05) is 6.07 Å². The number of nitro groups is 1. The van der Waals surface area contributed by atoms with Crippen LogP contribution in [0.25, 0.3) is 11.3 Å². The number of furan rings is 1. The third-order valence-corrected chi connectivity index (χ3v) is 6.22. The lowest BCUT2D eigenvalue weighted by Gasteiger charge is -2.18. The molecule has 1 amide bonds. The van der Waals surface area contributed by atoms with Gasteiger partial charge in [0.1, 0.15) is 10.7 Å². The van der Waals surface area contributed by atoms with Gasteiger partial charge in [0.2, 0.25) is 4.80 Å². The van der Waals surface area contributed by atoms with Crippen LogP contribution in [0.4, 0.5) is 17.3 Å². The van der Waals surface area contributed by atoms with Gasteiger partial charge >= 0.3 is 5.88 Å². The van der Waals surface area contributed by atoms with E-state index < -0.39 is 4.92 Å². The Labute approximate surface area is 203 Å². The molecule has 0 aliphatic carbocycles. The smallest absolute Gasteiger partial charge is 0.433 e. The number of anilines is 1. The molecule has 0 atom stereocenters. The van der Waals surface area contributed by atoms with E-state index >= 15 is 0 Å². The molecular formula is C24H19N5O5S. The lowest BCUT2D eigenvalue weighted by atomic mass is 10.1. The molecule has 1 aliphatic heterocycles. The van der Waals surface area contributed by atoms with E-state index in [1.54, 1.807) is 16.8 Å². The largest absolute Gasteiger partial charge is 0.482 e. The topological polar surface area (TPSA) is 124 Å². The van der Waals surface area contributed by atoms with Gasteiger partial charge in [-0.25, -0.2) is 9.67 Å². The molecule has 2 aromatic heterocycles. The predicted octanol–water partition coefficient (Wildman–Crippen LogP) is 4.78. The number of fused-ring (bicyclic) bond motifs is 1. The number of hydrogen-bond donors (Lipinski definition) is 1. The van der Waals surface area contributed by atoms with Crippen LogP contribution in [0.15, 0.2) is 68.4 Å². The summed E-state index contributed by atoms with van der Waals surface area (Å²) in [7, 11) is 0. The van der Waals surface area contributed by atoms with E-state index in [0.717, 1.165) is 16.8 Å². The van der Waals surface area contributed by atoms with Crippen molar-refractivity contribution in [2.75, 3.05) is 11.9 Å². The number of nitrogens with zero attached hydrogens (tertiary/aromatic N) is 4. The second-order valence-corrected chi connectivity index (χ2v) is 8.66. The molecule has 1 N–H and O–H groups in total. The Bertz CT molecular complexity index is 1560. The highest BCUT2D eigenvalue weighted by atomic mass is 32.1. The van der Waals surface area contributed by atoms with Crippen LogP contribution < -0.4 is 14.9 Å². The lowest BCUT2D eigenvalue weighted by molar-refractivity contribution is -0.402. The standard InChI is InChI=1S/C24H19N5O5S/c1-14-3-5-17(9-15(14)2)26-24-28(25-11-18-6-8-23(34-18)29(31)32)20(13-35-24)16-4-7-21-19(10-16)27-22(30)12-33-21/h3-11,13H,12H2,1-2H3,(H,27,30). The van der Waals surface area contributed by atoms with Gasteiger partial charge in [0.25, 0.3) is 5.91 Å². The first-order valence-electron chi connectivity index (χ1n) is 10.6. The van der Waals surface area contributed by atoms with Crippen LogP contribution in [-0.4, -0.2) is 28.3 Å². The first kappa shape index (κ1) is 22.3. The van der Waals surface area contributed by atoms with Gasteiger partial charge in [-0.05, 0) is 61.4 Å². The zero-order valence-electron chi connectivity index (χ0n) is 18.7. The number of benzene rings is 2. The minimum absolute atomic E-state index is 0.0244. The SMILES string of the molecule is Cc1ccc(N=c2scc(-c3ccc4c(c3)NC(=O)CO4)n2N=Cc2ccc([N+](=O)[O-])o2)cc1C. The summed E-state index contributed by atoms with van der Waals surface area (Å²) >= 11 is 1.38. The van der Waals surface area contributed by atoms with Gasteiger partial charge in [0.05, 0.1) is 29.3 Å². The van der Waals surface area contributed by atoms with E-state index in [4.69, 9.17) is 14.1 Å². The quantitative estimate of drug-likeness (QED) is 0.245. The van der Waals surface area contributed by atoms with Crippen LogP contribution in [0.5, 0.6) is 5.75 Å². The molecule has 1 aliphatic rings. The molecule has 4 aromatic rings. The highest BCUT2D eigenvalue weighted by molar-refractivity contribution is 7.07. The minimum Gasteiger partial charge on any atom is -0.482 e. The Morgan fingerprint density at radius 2 is 2.00 bits per heavy atom. The number of carbonyl (C=O) groups excluding carboxylic acids is 1. The van der Waals surface area contributed by atoms with Crippen LogP contribution in [0.3, 0.4) is 0 Å². The molecule has 0 fully saturated rings. The van der Waals surface area contributed by atoms with E-state index in [-0.39, 0.29) is 24.2 Å². The van der Waals surface area contributed by atoms with Gasteiger partial charge in [0, 0.05) is 10.9 Å². The van der Waals surface area contributed by atoms with Crippen LogP contribution in [0.1, 0.15) is 16.9 Å². The lowest BCUT2D eigenvalue weighted by Crippen LogP contribution is -2.25. The van der Waals surface area contributed by atoms with Crippen molar-refractivity contribution in [2.45, 2.75) is 13.8 Å². The number of aryl methyl sites for hydroxylation is 2. The molecule has 0 spiro atoms. The summed E-state index contributed by atoms with van der Waals surface area (Å²) in [6, 6.07) is 14.1. The summed E-state index contributed by atoms with van der Waals surface area (Å²) < 4.78 is 12.3. The summed E-state index contributed by atoms with van der Waals surface area (Å²) in [5.74, 6) is 0.217. The van der Waals surface area contributed by atoms with E-state index in [9.17, 15) is 14.9 Å². The fourth-order valence-corrected chi connectivity index (χ4v) is 4.32. The Morgan fingerprint density at radius 1 is 1.14 bits per heavy atom. The molecule has 0 bridgehead atoms. The van der Waals surface area contributed by atoms with Crippen molar-refractivity contribution >= 4 is 40.7 Å². The van der Waals surface area contributed by atoms with Gasteiger partial charge in [0.15, 0.2) is 12.4 Å². The Hall–Kier alpha value is -4.51. The number of ether oxygens (including phenoxy) is 1. The fraction of sp³-hybridized carbons (Fsp3) is 0.125. The van der Waals surface area contributed by atoms with Crippen molar-refractivity contribution < 1.29 is 18.9 Å². The molecular weight excluding hydrogens is 470 g/mol. The highest BCUT2D eigenvalue weighted by Crippen LogP contribution is 2.33. The van der Waals surface area contributed by atoms with Crippen molar-refractivity contribution in [3.05, 3.63) is 85.7 Å². The molecule has 2 aromatic carbocycles. The molecule has 3 heterocycles. The van der Waals surface area contributed by atoms with Crippen molar-refractivity contribution in [3.8, 4) is 17.0 Å². The van der Waals surface area contributed by atoms with Crippen LogP contribution >= 0.6 is 11.3 Å². The first-order chi connectivity index (χ1) is 16.9. The Balaban J connectivity index is 1.61. The molecule has 0 saturated heterocycles. The third-order valence-electron chi connectivity index (χ3n) is 5.40. The normalized spacial score (nSPS) is 13.5. The number of rotatable bonds is 5. The first-order valence-corrected chi connectivity index (χ1v) is 11.4. The second kappa shape index (κ2) is 9.03. The van der Waals surface area contributed by atoms with Crippen LogP contribution in [0.2, 0.25) is 0 Å². The molecule has 11 heteroatoms. The summed E-state index contributed by atoms with van der Waals surface area (Å²) in [4.78, 5) is 27.5. The number of hydrogen-bond acceptors (Lipinski definition) is 8. The summed E-state index contributed by atoms with van der Waals surface area (Å²) in [5, 5.41) is 20.2. The second-order valence-electron chi connectivity index (χ2n) is 7.82. The maximum Gasteiger partial charge on any atom is 0.433 e. The zero-order valence-corrected chi connectivity index (χ0v) is 19.5. The van der Waals surface area contributed by atoms with Crippen molar-refractivity contribution in [1.82, 2.24) is 4.68 Å². The number of thiazole rings is 1. The monoisotopic (exact) mass is 489 g/mol. The van der Waals surface area contributed by atoms with E-state index in [1.807, 2.05) is 43.5 Å².